The van der Waals surface area contributed by atoms with Gasteiger partial charge < -0.3 is 0 Å². The van der Waals surface area contributed by atoms with Crippen molar-refractivity contribution in [2.45, 2.75) is 85.0 Å². The Bertz CT molecular complexity index is 970. The molecular weight excluding hydrogens is 432 g/mol. The van der Waals surface area contributed by atoms with Gasteiger partial charge in [0.15, 0.2) is 11.6 Å². The third kappa shape index (κ3) is 8.50. The van der Waals surface area contributed by atoms with Crippen LogP contribution in [0.1, 0.15) is 102 Å². The number of ketones is 3. The van der Waals surface area contributed by atoms with Crippen LogP contribution in [-0.4, -0.2) is 27.1 Å². The Kier molecular flexibility index (Phi) is 10.9. The summed E-state index contributed by atoms with van der Waals surface area (Å²) >= 11 is 1.62. The fourth-order valence-electron chi connectivity index (χ4n) is 4.06. The lowest BCUT2D eigenvalue weighted by atomic mass is 9.90. The summed E-state index contributed by atoms with van der Waals surface area (Å²) in [4.78, 5) is 38.6. The maximum Gasteiger partial charge on any atom is 0.186 e. The van der Waals surface area contributed by atoms with Gasteiger partial charge in [-0.05, 0) is 64.0 Å². The molecule has 0 spiro atoms. The molecule has 2 aromatic rings. The zero-order valence-corrected chi connectivity index (χ0v) is 21.4. The van der Waals surface area contributed by atoms with Crippen LogP contribution in [0.15, 0.2) is 29.8 Å². The molecule has 0 aliphatic rings. The van der Waals surface area contributed by atoms with Crippen LogP contribution in [-0.2, 0) is 11.8 Å². The molecule has 0 aliphatic heterocycles. The number of thiophene rings is 1. The molecule has 0 amide bonds. The van der Waals surface area contributed by atoms with E-state index in [1.807, 2.05) is 26.3 Å². The Labute approximate surface area is 202 Å². The van der Waals surface area contributed by atoms with Gasteiger partial charge >= 0.3 is 0 Å². The number of rotatable bonds is 16. The van der Waals surface area contributed by atoms with Gasteiger partial charge in [0.2, 0.25) is 0 Å². The van der Waals surface area contributed by atoms with Crippen LogP contribution >= 0.6 is 11.3 Å². The van der Waals surface area contributed by atoms with Gasteiger partial charge in [-0.25, -0.2) is 0 Å². The number of nitrogens with zero attached hydrogens (tertiary/aromatic N) is 2. The molecule has 2 rings (SSSR count). The largest absolute Gasteiger partial charge is 0.300 e. The topological polar surface area (TPSA) is 69.0 Å². The Hall–Kier alpha value is -2.34. The van der Waals surface area contributed by atoms with E-state index in [1.54, 1.807) is 28.3 Å². The van der Waals surface area contributed by atoms with E-state index in [0.29, 0.717) is 31.4 Å². The van der Waals surface area contributed by atoms with Crippen molar-refractivity contribution in [3.05, 3.63) is 51.5 Å². The SMILES string of the molecule is C=C(CCCC(=O)CCCC(CCC)C(=O)c1ccn(C)n1)CCC(=O)c1csc(C)c1C. The van der Waals surface area contributed by atoms with Gasteiger partial charge in [0.05, 0.1) is 0 Å². The molecule has 0 bridgehead atoms. The molecule has 2 aromatic heterocycles. The summed E-state index contributed by atoms with van der Waals surface area (Å²) < 4.78 is 1.65. The second-order valence-corrected chi connectivity index (χ2v) is 10.1. The molecule has 0 aromatic carbocycles. The number of hydrogen-bond acceptors (Lipinski definition) is 5. The van der Waals surface area contributed by atoms with Gasteiger partial charge in [-0.15, -0.1) is 11.3 Å². The zero-order valence-electron chi connectivity index (χ0n) is 20.6. The van der Waals surface area contributed by atoms with E-state index in [2.05, 4.69) is 18.6 Å². The highest BCUT2D eigenvalue weighted by molar-refractivity contribution is 7.10. The molecule has 0 aliphatic carbocycles. The first-order valence-corrected chi connectivity index (χ1v) is 12.9. The zero-order chi connectivity index (χ0) is 24.4. The minimum absolute atomic E-state index is 0.0642. The Morgan fingerprint density at radius 3 is 2.39 bits per heavy atom. The van der Waals surface area contributed by atoms with E-state index in [4.69, 9.17) is 0 Å². The normalized spacial score (nSPS) is 12.0. The van der Waals surface area contributed by atoms with E-state index in [-0.39, 0.29) is 23.3 Å². The molecular formula is C27H38N2O3S. The highest BCUT2D eigenvalue weighted by Crippen LogP contribution is 2.24. The van der Waals surface area contributed by atoms with Gasteiger partial charge in [-0.3, -0.25) is 19.1 Å². The van der Waals surface area contributed by atoms with Gasteiger partial charge in [-0.2, -0.15) is 5.10 Å². The minimum atomic E-state index is -0.0642. The van der Waals surface area contributed by atoms with Crippen molar-refractivity contribution in [1.29, 1.82) is 0 Å². The number of allylic oxidation sites excluding steroid dienone is 1. The van der Waals surface area contributed by atoms with Gasteiger partial charge in [-0.1, -0.05) is 25.5 Å². The third-order valence-electron chi connectivity index (χ3n) is 6.26. The van der Waals surface area contributed by atoms with Crippen LogP contribution in [0.4, 0.5) is 0 Å². The summed E-state index contributed by atoms with van der Waals surface area (Å²) in [7, 11) is 1.81. The molecule has 0 saturated carbocycles. The standard InChI is InChI=1S/C27H38N2O3S/c1-6-9-22(27(32)25-16-17-29(5)28-25)11-8-13-23(30)12-7-10-19(2)14-15-26(31)24-18-33-21(4)20(24)3/h16-18,22H,2,6-15H2,1,3-5H3. The number of Topliss-reactive ketones (excluding diaryl/α,β-unsaturated/α-hetero) is 3. The van der Waals surface area contributed by atoms with Crippen molar-refractivity contribution in [1.82, 2.24) is 9.78 Å². The van der Waals surface area contributed by atoms with Crippen LogP contribution in [0.5, 0.6) is 0 Å². The second kappa shape index (κ2) is 13.4. The van der Waals surface area contributed by atoms with E-state index in [1.165, 1.54) is 4.88 Å². The van der Waals surface area contributed by atoms with Crippen LogP contribution in [0.25, 0.3) is 0 Å². The molecule has 6 heteroatoms. The molecule has 1 unspecified atom stereocenters. The lowest BCUT2D eigenvalue weighted by Gasteiger charge is -2.13. The number of carbonyl (C=O) groups excluding carboxylic acids is 3. The van der Waals surface area contributed by atoms with Crippen LogP contribution in [0.3, 0.4) is 0 Å². The Morgan fingerprint density at radius 2 is 1.79 bits per heavy atom. The lowest BCUT2D eigenvalue weighted by Crippen LogP contribution is -2.16. The summed E-state index contributed by atoms with van der Waals surface area (Å²) in [6.45, 7) is 10.2. The third-order valence-corrected chi connectivity index (χ3v) is 7.27. The van der Waals surface area contributed by atoms with Gasteiger partial charge in [0, 0.05) is 54.2 Å². The predicted octanol–water partition coefficient (Wildman–Crippen LogP) is 6.83. The van der Waals surface area contributed by atoms with Crippen LogP contribution in [0.2, 0.25) is 0 Å². The molecule has 0 radical (unpaired) electrons. The summed E-state index contributed by atoms with van der Waals surface area (Å²) in [5.41, 5.74) is 3.47. The first-order chi connectivity index (χ1) is 15.7. The fourth-order valence-corrected chi connectivity index (χ4v) is 4.94. The second-order valence-electron chi connectivity index (χ2n) is 9.01. The van der Waals surface area contributed by atoms with Crippen molar-refractivity contribution in [2.24, 2.45) is 13.0 Å². The van der Waals surface area contributed by atoms with Crippen LogP contribution in [0, 0.1) is 19.8 Å². The molecule has 33 heavy (non-hydrogen) atoms. The number of carbonyl (C=O) groups is 3. The summed E-state index contributed by atoms with van der Waals surface area (Å²) in [6.07, 6.45) is 8.75. The first-order valence-electron chi connectivity index (χ1n) is 12.0. The summed E-state index contributed by atoms with van der Waals surface area (Å²) in [5.74, 6) is 0.439. The molecule has 1 atom stereocenters. The van der Waals surface area contributed by atoms with Crippen molar-refractivity contribution < 1.29 is 14.4 Å². The minimum Gasteiger partial charge on any atom is -0.300 e. The van der Waals surface area contributed by atoms with Crippen molar-refractivity contribution >= 4 is 28.7 Å². The number of aromatic nitrogens is 2. The highest BCUT2D eigenvalue weighted by Gasteiger charge is 2.21. The Morgan fingerprint density at radius 1 is 1.06 bits per heavy atom. The highest BCUT2D eigenvalue weighted by atomic mass is 32.1. The lowest BCUT2D eigenvalue weighted by molar-refractivity contribution is -0.119. The predicted molar refractivity (Wildman–Crippen MR) is 135 cm³/mol. The average Bonchev–Trinajstić information content (AvgIpc) is 3.36. The molecule has 0 fully saturated rings. The summed E-state index contributed by atoms with van der Waals surface area (Å²) in [6, 6.07) is 1.76. The van der Waals surface area contributed by atoms with Crippen molar-refractivity contribution in [2.75, 3.05) is 0 Å². The number of aryl methyl sites for hydroxylation is 2. The maximum absolute atomic E-state index is 12.7. The first kappa shape index (κ1) is 26.9. The molecule has 0 saturated heterocycles. The van der Waals surface area contributed by atoms with Crippen molar-refractivity contribution in [3.63, 3.8) is 0 Å². The van der Waals surface area contributed by atoms with E-state index in [9.17, 15) is 14.4 Å². The van der Waals surface area contributed by atoms with Crippen molar-refractivity contribution in [3.8, 4) is 0 Å². The van der Waals surface area contributed by atoms with Gasteiger partial charge in [0.1, 0.15) is 11.5 Å². The monoisotopic (exact) mass is 470 g/mol. The number of hydrogen-bond donors (Lipinski definition) is 0. The van der Waals surface area contributed by atoms with Crippen LogP contribution < -0.4 is 0 Å². The fraction of sp³-hybridized carbons (Fsp3) is 0.556. The Balaban J connectivity index is 1.64. The average molecular weight is 471 g/mol. The molecule has 0 N–H and O–H groups in total. The quantitative estimate of drug-likeness (QED) is 0.199. The van der Waals surface area contributed by atoms with E-state index < -0.39 is 0 Å². The summed E-state index contributed by atoms with van der Waals surface area (Å²) in [5, 5.41) is 6.18. The molecule has 5 nitrogen and oxygen atoms in total. The maximum atomic E-state index is 12.7. The molecule has 2 heterocycles. The van der Waals surface area contributed by atoms with E-state index >= 15 is 0 Å². The molecule has 180 valence electrons. The smallest absolute Gasteiger partial charge is 0.186 e. The van der Waals surface area contributed by atoms with E-state index in [0.717, 1.165) is 55.2 Å². The van der Waals surface area contributed by atoms with Gasteiger partial charge in [0.25, 0.3) is 0 Å².